The molecule has 0 atom stereocenters. The smallest absolute Gasteiger partial charge is 0.161 e. The van der Waals surface area contributed by atoms with Gasteiger partial charge in [-0.1, -0.05) is 12.1 Å². The fourth-order valence-corrected chi connectivity index (χ4v) is 2.51. The first-order valence-corrected chi connectivity index (χ1v) is 7.54. The van der Waals surface area contributed by atoms with Gasteiger partial charge in [-0.15, -0.1) is 0 Å². The van der Waals surface area contributed by atoms with E-state index in [1.54, 1.807) is 6.33 Å². The number of rotatable bonds is 5. The standard InChI is InChI=1S/C18H18F2N2O/c1-12-4-5-13(2)18(8-12)23-7-3-6-22-11-21-16-9-14(19)15(20)10-17(16)22/h4-5,8-11H,3,6-7H2,1-2H3. The van der Waals surface area contributed by atoms with Gasteiger partial charge in [0.15, 0.2) is 11.6 Å². The minimum Gasteiger partial charge on any atom is -0.493 e. The van der Waals surface area contributed by atoms with Gasteiger partial charge >= 0.3 is 0 Å². The molecule has 0 saturated carbocycles. The number of aryl methyl sites for hydroxylation is 3. The average Bonchev–Trinajstić information content (AvgIpc) is 2.89. The zero-order valence-corrected chi connectivity index (χ0v) is 13.1. The molecule has 0 N–H and O–H groups in total. The molecule has 3 rings (SSSR count). The van der Waals surface area contributed by atoms with Crippen molar-refractivity contribution >= 4 is 11.0 Å². The molecule has 0 aliphatic carbocycles. The summed E-state index contributed by atoms with van der Waals surface area (Å²) in [7, 11) is 0. The summed E-state index contributed by atoms with van der Waals surface area (Å²) in [5, 5.41) is 0. The number of imidazole rings is 1. The van der Waals surface area contributed by atoms with Gasteiger partial charge in [-0.05, 0) is 37.5 Å². The molecule has 0 aliphatic heterocycles. The Morgan fingerprint density at radius 1 is 1.09 bits per heavy atom. The third-order valence-electron chi connectivity index (χ3n) is 3.81. The Bertz CT molecular complexity index is 842. The summed E-state index contributed by atoms with van der Waals surface area (Å²) >= 11 is 0. The molecule has 5 heteroatoms. The van der Waals surface area contributed by atoms with Crippen LogP contribution in [0.15, 0.2) is 36.7 Å². The third-order valence-corrected chi connectivity index (χ3v) is 3.81. The minimum absolute atomic E-state index is 0.458. The van der Waals surface area contributed by atoms with Gasteiger partial charge < -0.3 is 9.30 Å². The summed E-state index contributed by atoms with van der Waals surface area (Å²) in [6.07, 6.45) is 2.35. The summed E-state index contributed by atoms with van der Waals surface area (Å²) in [5.74, 6) is -0.847. The van der Waals surface area contributed by atoms with Crippen LogP contribution in [0.5, 0.6) is 5.75 Å². The largest absolute Gasteiger partial charge is 0.493 e. The second-order valence-corrected chi connectivity index (χ2v) is 5.66. The molecular weight excluding hydrogens is 298 g/mol. The molecule has 0 fully saturated rings. The van der Waals surface area contributed by atoms with Crippen molar-refractivity contribution in [2.45, 2.75) is 26.8 Å². The molecule has 0 unspecified atom stereocenters. The van der Waals surface area contributed by atoms with Crippen LogP contribution in [0.3, 0.4) is 0 Å². The quantitative estimate of drug-likeness (QED) is 0.652. The van der Waals surface area contributed by atoms with Crippen molar-refractivity contribution in [3.8, 4) is 5.75 Å². The zero-order chi connectivity index (χ0) is 16.4. The Hall–Kier alpha value is -2.43. The lowest BCUT2D eigenvalue weighted by atomic mass is 10.1. The number of nitrogens with zero attached hydrogens (tertiary/aromatic N) is 2. The monoisotopic (exact) mass is 316 g/mol. The van der Waals surface area contributed by atoms with Crippen molar-refractivity contribution in [3.05, 3.63) is 59.4 Å². The van der Waals surface area contributed by atoms with Crippen LogP contribution >= 0.6 is 0 Å². The number of aromatic nitrogens is 2. The van der Waals surface area contributed by atoms with Crippen LogP contribution in [0.25, 0.3) is 11.0 Å². The highest BCUT2D eigenvalue weighted by Crippen LogP contribution is 2.20. The molecule has 1 heterocycles. The fraction of sp³-hybridized carbons (Fsp3) is 0.278. The van der Waals surface area contributed by atoms with Crippen LogP contribution in [0.2, 0.25) is 0 Å². The van der Waals surface area contributed by atoms with Crippen molar-refractivity contribution in [2.24, 2.45) is 0 Å². The first-order chi connectivity index (χ1) is 11.0. The minimum atomic E-state index is -0.874. The number of hydrogen-bond acceptors (Lipinski definition) is 2. The molecular formula is C18H18F2N2O. The summed E-state index contributed by atoms with van der Waals surface area (Å²) in [4.78, 5) is 4.10. The normalized spacial score (nSPS) is 11.1. The molecule has 0 bridgehead atoms. The molecule has 3 aromatic rings. The molecule has 0 radical (unpaired) electrons. The number of benzene rings is 2. The van der Waals surface area contributed by atoms with E-state index in [1.165, 1.54) is 6.07 Å². The molecule has 0 aliphatic rings. The van der Waals surface area contributed by atoms with Crippen LogP contribution in [0.4, 0.5) is 8.78 Å². The molecule has 0 spiro atoms. The highest BCUT2D eigenvalue weighted by atomic mass is 19.2. The van der Waals surface area contributed by atoms with E-state index >= 15 is 0 Å². The summed E-state index contributed by atoms with van der Waals surface area (Å²) in [6, 6.07) is 8.40. The van der Waals surface area contributed by atoms with Crippen molar-refractivity contribution < 1.29 is 13.5 Å². The molecule has 3 nitrogen and oxygen atoms in total. The Labute approximate surface area is 133 Å². The maximum absolute atomic E-state index is 13.4. The van der Waals surface area contributed by atoms with Gasteiger partial charge in [0.1, 0.15) is 5.75 Å². The van der Waals surface area contributed by atoms with Gasteiger partial charge in [0.25, 0.3) is 0 Å². The zero-order valence-electron chi connectivity index (χ0n) is 13.1. The number of ether oxygens (including phenoxy) is 1. The molecule has 0 saturated heterocycles. The summed E-state index contributed by atoms with van der Waals surface area (Å²) < 4.78 is 34.1. The lowest BCUT2D eigenvalue weighted by Crippen LogP contribution is -2.04. The SMILES string of the molecule is Cc1ccc(C)c(OCCCn2cnc3cc(F)c(F)cc32)c1. The van der Waals surface area contributed by atoms with Crippen molar-refractivity contribution in [2.75, 3.05) is 6.61 Å². The molecule has 1 aromatic heterocycles. The number of halogens is 2. The van der Waals surface area contributed by atoms with E-state index in [0.717, 1.165) is 29.4 Å². The highest BCUT2D eigenvalue weighted by molar-refractivity contribution is 5.75. The van der Waals surface area contributed by atoms with E-state index in [0.29, 0.717) is 24.2 Å². The van der Waals surface area contributed by atoms with E-state index in [9.17, 15) is 8.78 Å². The third kappa shape index (κ3) is 3.33. The van der Waals surface area contributed by atoms with Crippen LogP contribution in [-0.2, 0) is 6.54 Å². The maximum atomic E-state index is 13.4. The van der Waals surface area contributed by atoms with Gasteiger partial charge in [-0.3, -0.25) is 0 Å². The van der Waals surface area contributed by atoms with Crippen molar-refractivity contribution in [3.63, 3.8) is 0 Å². The maximum Gasteiger partial charge on any atom is 0.161 e. The van der Waals surface area contributed by atoms with Crippen LogP contribution in [-0.4, -0.2) is 16.2 Å². The summed E-state index contributed by atoms with van der Waals surface area (Å²) in [5.41, 5.74) is 3.31. The first kappa shape index (κ1) is 15.5. The molecule has 23 heavy (non-hydrogen) atoms. The fourth-order valence-electron chi connectivity index (χ4n) is 2.51. The van der Waals surface area contributed by atoms with E-state index in [2.05, 4.69) is 4.98 Å². The Balaban J connectivity index is 1.63. The number of fused-ring (bicyclic) bond motifs is 1. The summed E-state index contributed by atoms with van der Waals surface area (Å²) in [6.45, 7) is 5.22. The average molecular weight is 316 g/mol. The van der Waals surface area contributed by atoms with Gasteiger partial charge in [0.2, 0.25) is 0 Å². The second kappa shape index (κ2) is 6.36. The van der Waals surface area contributed by atoms with Crippen molar-refractivity contribution in [1.82, 2.24) is 9.55 Å². The van der Waals surface area contributed by atoms with Gasteiger partial charge in [0.05, 0.1) is 24.0 Å². The first-order valence-electron chi connectivity index (χ1n) is 7.54. The van der Waals surface area contributed by atoms with Gasteiger partial charge in [0, 0.05) is 18.7 Å². The van der Waals surface area contributed by atoms with Gasteiger partial charge in [-0.25, -0.2) is 13.8 Å². The lowest BCUT2D eigenvalue weighted by Gasteiger charge is -2.10. The molecule has 2 aromatic carbocycles. The van der Waals surface area contributed by atoms with E-state index < -0.39 is 11.6 Å². The van der Waals surface area contributed by atoms with Crippen molar-refractivity contribution in [1.29, 1.82) is 0 Å². The molecule has 0 amide bonds. The lowest BCUT2D eigenvalue weighted by molar-refractivity contribution is 0.300. The predicted octanol–water partition coefficient (Wildman–Crippen LogP) is 4.40. The topological polar surface area (TPSA) is 27.1 Å². The highest BCUT2D eigenvalue weighted by Gasteiger charge is 2.09. The van der Waals surface area contributed by atoms with Crippen LogP contribution in [0, 0.1) is 25.5 Å². The second-order valence-electron chi connectivity index (χ2n) is 5.66. The van der Waals surface area contributed by atoms with Crippen LogP contribution in [0.1, 0.15) is 17.5 Å². The Morgan fingerprint density at radius 3 is 2.70 bits per heavy atom. The Morgan fingerprint density at radius 2 is 1.87 bits per heavy atom. The molecule has 120 valence electrons. The van der Waals surface area contributed by atoms with E-state index in [1.807, 2.05) is 36.6 Å². The Kier molecular flexibility index (Phi) is 4.28. The van der Waals surface area contributed by atoms with E-state index in [-0.39, 0.29) is 0 Å². The van der Waals surface area contributed by atoms with Crippen LogP contribution < -0.4 is 4.74 Å². The van der Waals surface area contributed by atoms with Gasteiger partial charge in [-0.2, -0.15) is 0 Å². The predicted molar refractivity (Wildman–Crippen MR) is 85.7 cm³/mol. The number of hydrogen-bond donors (Lipinski definition) is 0. The van der Waals surface area contributed by atoms with E-state index in [4.69, 9.17) is 4.74 Å².